The lowest BCUT2D eigenvalue weighted by Gasteiger charge is -2.18. The first-order valence-corrected chi connectivity index (χ1v) is 9.77. The molecule has 0 saturated carbocycles. The van der Waals surface area contributed by atoms with Crippen LogP contribution >= 0.6 is 0 Å². The number of halogens is 1. The molecular weight excluding hydrogens is 417 g/mol. The molecular formula is C24H18FNO6. The van der Waals surface area contributed by atoms with E-state index in [-0.39, 0.29) is 11.1 Å². The van der Waals surface area contributed by atoms with Crippen molar-refractivity contribution in [2.75, 3.05) is 25.1 Å². The Balaban J connectivity index is 1.45. The Kier molecular flexibility index (Phi) is 6.12. The zero-order chi connectivity index (χ0) is 22.5. The average molecular weight is 435 g/mol. The lowest BCUT2D eigenvalue weighted by atomic mass is 9.98. The molecule has 8 heteroatoms. The van der Waals surface area contributed by atoms with E-state index in [2.05, 4.69) is 5.32 Å². The van der Waals surface area contributed by atoms with E-state index in [1.54, 1.807) is 30.3 Å². The molecule has 1 amide bonds. The van der Waals surface area contributed by atoms with Crippen molar-refractivity contribution >= 4 is 23.3 Å². The highest BCUT2D eigenvalue weighted by Gasteiger charge is 2.22. The summed E-state index contributed by atoms with van der Waals surface area (Å²) in [5, 5.41) is 2.49. The van der Waals surface area contributed by atoms with Gasteiger partial charge in [-0.2, -0.15) is 0 Å². The predicted octanol–water partition coefficient (Wildman–Crippen LogP) is 3.62. The number of esters is 1. The van der Waals surface area contributed by atoms with Gasteiger partial charge in [0, 0.05) is 16.8 Å². The van der Waals surface area contributed by atoms with Gasteiger partial charge in [0.05, 0.1) is 5.56 Å². The Morgan fingerprint density at radius 2 is 1.56 bits per heavy atom. The van der Waals surface area contributed by atoms with Crippen LogP contribution in [0.25, 0.3) is 0 Å². The number of anilines is 1. The summed E-state index contributed by atoms with van der Waals surface area (Å²) >= 11 is 0. The molecule has 7 nitrogen and oxygen atoms in total. The number of hydrogen-bond donors (Lipinski definition) is 1. The second-order valence-electron chi connectivity index (χ2n) is 6.86. The van der Waals surface area contributed by atoms with Crippen molar-refractivity contribution in [1.29, 1.82) is 0 Å². The Bertz CT molecular complexity index is 1180. The number of ketones is 1. The maximum absolute atomic E-state index is 13.1. The van der Waals surface area contributed by atoms with E-state index in [9.17, 15) is 18.8 Å². The fraction of sp³-hybridized carbons (Fsp3) is 0.125. The molecule has 0 aliphatic carbocycles. The van der Waals surface area contributed by atoms with Crippen LogP contribution in [0.3, 0.4) is 0 Å². The molecule has 0 atom stereocenters. The summed E-state index contributed by atoms with van der Waals surface area (Å²) in [6, 6.07) is 16.1. The minimum Gasteiger partial charge on any atom is -0.486 e. The lowest BCUT2D eigenvalue weighted by molar-refractivity contribution is -0.119. The molecule has 0 fully saturated rings. The van der Waals surface area contributed by atoms with Crippen molar-refractivity contribution < 1.29 is 33.0 Å². The third kappa shape index (κ3) is 4.75. The van der Waals surface area contributed by atoms with Crippen LogP contribution < -0.4 is 14.8 Å². The molecule has 1 heterocycles. The quantitative estimate of drug-likeness (QED) is 0.470. The smallest absolute Gasteiger partial charge is 0.339 e. The molecule has 162 valence electrons. The van der Waals surface area contributed by atoms with E-state index in [0.29, 0.717) is 36.0 Å². The molecule has 1 aliphatic heterocycles. The predicted molar refractivity (Wildman–Crippen MR) is 113 cm³/mol. The minimum atomic E-state index is -0.819. The Hall–Kier alpha value is -4.20. The molecule has 1 N–H and O–H groups in total. The molecule has 0 radical (unpaired) electrons. The van der Waals surface area contributed by atoms with Gasteiger partial charge in [-0.15, -0.1) is 0 Å². The van der Waals surface area contributed by atoms with Crippen molar-refractivity contribution in [1.82, 2.24) is 0 Å². The molecule has 0 bridgehead atoms. The van der Waals surface area contributed by atoms with Gasteiger partial charge in [0.25, 0.3) is 5.91 Å². The van der Waals surface area contributed by atoms with Crippen molar-refractivity contribution in [3.8, 4) is 11.5 Å². The van der Waals surface area contributed by atoms with Gasteiger partial charge in [0.2, 0.25) is 0 Å². The Morgan fingerprint density at radius 3 is 2.31 bits per heavy atom. The van der Waals surface area contributed by atoms with E-state index in [0.717, 1.165) is 0 Å². The number of amides is 1. The molecule has 1 aliphatic rings. The highest BCUT2D eigenvalue weighted by atomic mass is 19.1. The number of fused-ring (bicyclic) bond motifs is 1. The summed E-state index contributed by atoms with van der Waals surface area (Å²) in [7, 11) is 0. The molecule has 0 unspecified atom stereocenters. The zero-order valence-corrected chi connectivity index (χ0v) is 16.8. The number of nitrogens with one attached hydrogen (secondary N) is 1. The number of carbonyl (C=O) groups excluding carboxylic acids is 3. The highest BCUT2D eigenvalue weighted by Crippen LogP contribution is 2.31. The van der Waals surface area contributed by atoms with Gasteiger partial charge in [0.1, 0.15) is 19.0 Å². The number of ether oxygens (including phenoxy) is 3. The summed E-state index contributed by atoms with van der Waals surface area (Å²) in [4.78, 5) is 37.7. The van der Waals surface area contributed by atoms with E-state index in [1.807, 2.05) is 0 Å². The lowest BCUT2D eigenvalue weighted by Crippen LogP contribution is -2.22. The van der Waals surface area contributed by atoms with Crippen LogP contribution in [0.15, 0.2) is 66.7 Å². The van der Waals surface area contributed by atoms with Gasteiger partial charge in [0.15, 0.2) is 23.9 Å². The molecule has 0 spiro atoms. The second kappa shape index (κ2) is 9.30. The monoisotopic (exact) mass is 435 g/mol. The van der Waals surface area contributed by atoms with Crippen molar-refractivity contribution in [2.24, 2.45) is 0 Å². The van der Waals surface area contributed by atoms with Gasteiger partial charge in [-0.1, -0.05) is 18.2 Å². The van der Waals surface area contributed by atoms with Crippen LogP contribution in [0.4, 0.5) is 10.1 Å². The number of rotatable bonds is 6. The Labute approximate surface area is 182 Å². The SMILES string of the molecule is O=C(COC(=O)c1ccccc1C(=O)c1ccc2c(c1)OCCO2)Nc1ccc(F)cc1. The normalized spacial score (nSPS) is 12.0. The van der Waals surface area contributed by atoms with Gasteiger partial charge in [-0.3, -0.25) is 9.59 Å². The second-order valence-corrected chi connectivity index (χ2v) is 6.86. The summed E-state index contributed by atoms with van der Waals surface area (Å²) < 4.78 is 29.0. The first kappa shape index (κ1) is 21.0. The highest BCUT2D eigenvalue weighted by molar-refractivity contribution is 6.14. The third-order valence-electron chi connectivity index (χ3n) is 4.66. The number of hydrogen-bond acceptors (Lipinski definition) is 6. The van der Waals surface area contributed by atoms with Crippen LogP contribution in [0.2, 0.25) is 0 Å². The van der Waals surface area contributed by atoms with E-state index in [4.69, 9.17) is 14.2 Å². The molecule has 4 rings (SSSR count). The van der Waals surface area contributed by atoms with Crippen LogP contribution in [-0.4, -0.2) is 37.5 Å². The van der Waals surface area contributed by atoms with Gasteiger partial charge >= 0.3 is 5.97 Å². The maximum Gasteiger partial charge on any atom is 0.339 e. The molecule has 3 aromatic carbocycles. The number of benzene rings is 3. The average Bonchev–Trinajstić information content (AvgIpc) is 2.83. The van der Waals surface area contributed by atoms with Crippen LogP contribution in [0, 0.1) is 5.82 Å². The molecule has 0 saturated heterocycles. The van der Waals surface area contributed by atoms with Crippen LogP contribution in [-0.2, 0) is 9.53 Å². The zero-order valence-electron chi connectivity index (χ0n) is 16.8. The fourth-order valence-electron chi connectivity index (χ4n) is 3.14. The summed E-state index contributed by atoms with van der Waals surface area (Å²) in [5.74, 6) is -1.24. The van der Waals surface area contributed by atoms with Gasteiger partial charge in [-0.25, -0.2) is 9.18 Å². The largest absolute Gasteiger partial charge is 0.486 e. The standard InChI is InChI=1S/C24H18FNO6/c25-16-6-8-17(9-7-16)26-22(27)14-32-24(29)19-4-2-1-3-18(19)23(28)15-5-10-20-21(13-15)31-12-11-30-20/h1-10,13H,11-12,14H2,(H,26,27). The maximum atomic E-state index is 13.1. The van der Waals surface area contributed by atoms with E-state index < -0.39 is 30.1 Å². The van der Waals surface area contributed by atoms with E-state index >= 15 is 0 Å². The number of carbonyl (C=O) groups is 3. The van der Waals surface area contributed by atoms with Crippen molar-refractivity contribution in [2.45, 2.75) is 0 Å². The first-order valence-electron chi connectivity index (χ1n) is 9.77. The molecule has 3 aromatic rings. The van der Waals surface area contributed by atoms with Gasteiger partial charge in [-0.05, 0) is 48.5 Å². The first-order chi connectivity index (χ1) is 15.5. The van der Waals surface area contributed by atoms with Crippen molar-refractivity contribution in [3.63, 3.8) is 0 Å². The molecule has 32 heavy (non-hydrogen) atoms. The summed E-state index contributed by atoms with van der Waals surface area (Å²) in [6.45, 7) is 0.250. The summed E-state index contributed by atoms with van der Waals surface area (Å²) in [5.41, 5.74) is 0.847. The van der Waals surface area contributed by atoms with Crippen molar-refractivity contribution in [3.05, 3.63) is 89.2 Å². The minimum absolute atomic E-state index is 0.0296. The summed E-state index contributed by atoms with van der Waals surface area (Å²) in [6.07, 6.45) is 0. The molecule has 0 aromatic heterocycles. The topological polar surface area (TPSA) is 90.9 Å². The van der Waals surface area contributed by atoms with Gasteiger partial charge < -0.3 is 19.5 Å². The van der Waals surface area contributed by atoms with Crippen LogP contribution in [0.1, 0.15) is 26.3 Å². The Morgan fingerprint density at radius 1 is 0.875 bits per heavy atom. The third-order valence-corrected chi connectivity index (χ3v) is 4.66. The van der Waals surface area contributed by atoms with Crippen LogP contribution in [0.5, 0.6) is 11.5 Å². The van der Waals surface area contributed by atoms with E-state index in [1.165, 1.54) is 36.4 Å². The fourth-order valence-corrected chi connectivity index (χ4v) is 3.14.